The highest BCUT2D eigenvalue weighted by Crippen LogP contribution is 2.16. The minimum absolute atomic E-state index is 0.0678. The van der Waals surface area contributed by atoms with Gasteiger partial charge >= 0.3 is 0 Å². The second-order valence-electron chi connectivity index (χ2n) is 5.33. The third-order valence-corrected chi connectivity index (χ3v) is 3.27. The highest BCUT2D eigenvalue weighted by molar-refractivity contribution is 5.83. The molecular formula is C16H25N3O3. The zero-order chi connectivity index (χ0) is 16.5. The van der Waals surface area contributed by atoms with Crippen molar-refractivity contribution in [1.29, 1.82) is 0 Å². The molecule has 0 aliphatic heterocycles. The molecule has 2 amide bonds. The maximum absolute atomic E-state index is 12.0. The number of nitrogens with zero attached hydrogens (tertiary/aromatic N) is 2. The van der Waals surface area contributed by atoms with E-state index in [1.807, 2.05) is 43.3 Å². The topological polar surface area (TPSA) is 61.9 Å². The molecule has 0 fully saturated rings. The zero-order valence-corrected chi connectivity index (χ0v) is 13.8. The van der Waals surface area contributed by atoms with Crippen molar-refractivity contribution in [2.24, 2.45) is 0 Å². The number of nitrogens with one attached hydrogen (secondary N) is 1. The molecule has 1 aromatic carbocycles. The van der Waals surface area contributed by atoms with Gasteiger partial charge in [-0.2, -0.15) is 0 Å². The molecule has 0 aliphatic carbocycles. The summed E-state index contributed by atoms with van der Waals surface area (Å²) >= 11 is 0. The molecule has 6 nitrogen and oxygen atoms in total. The monoisotopic (exact) mass is 307 g/mol. The Kier molecular flexibility index (Phi) is 7.39. The first-order valence-corrected chi connectivity index (χ1v) is 7.23. The van der Waals surface area contributed by atoms with Crippen LogP contribution in [0.3, 0.4) is 0 Å². The van der Waals surface area contributed by atoms with Crippen LogP contribution in [0, 0.1) is 0 Å². The van der Waals surface area contributed by atoms with Gasteiger partial charge in [0.25, 0.3) is 0 Å². The molecule has 0 bridgehead atoms. The highest BCUT2D eigenvalue weighted by atomic mass is 16.5. The van der Waals surface area contributed by atoms with Crippen molar-refractivity contribution < 1.29 is 14.3 Å². The summed E-state index contributed by atoms with van der Waals surface area (Å²) in [7, 11) is 5.46. The summed E-state index contributed by atoms with van der Waals surface area (Å²) in [6.07, 6.45) is 0. The Morgan fingerprint density at radius 3 is 2.45 bits per heavy atom. The molecule has 0 aromatic heterocycles. The molecule has 0 aliphatic rings. The van der Waals surface area contributed by atoms with E-state index in [1.165, 1.54) is 11.8 Å². The largest absolute Gasteiger partial charge is 0.496 e. The molecule has 22 heavy (non-hydrogen) atoms. The van der Waals surface area contributed by atoms with Crippen molar-refractivity contribution in [2.75, 3.05) is 40.8 Å². The van der Waals surface area contributed by atoms with E-state index < -0.39 is 0 Å². The molecule has 0 unspecified atom stereocenters. The van der Waals surface area contributed by atoms with Crippen LogP contribution in [0.15, 0.2) is 24.3 Å². The van der Waals surface area contributed by atoms with Gasteiger partial charge in [-0.3, -0.25) is 9.59 Å². The first kappa shape index (κ1) is 18.0. The number of hydrogen-bond acceptors (Lipinski definition) is 4. The van der Waals surface area contributed by atoms with Gasteiger partial charge in [0.1, 0.15) is 5.75 Å². The van der Waals surface area contributed by atoms with E-state index in [0.29, 0.717) is 13.1 Å². The van der Waals surface area contributed by atoms with Crippen LogP contribution in [0.25, 0.3) is 0 Å². The molecular weight excluding hydrogens is 282 g/mol. The van der Waals surface area contributed by atoms with Crippen LogP contribution >= 0.6 is 0 Å². The molecule has 1 aromatic rings. The van der Waals surface area contributed by atoms with Gasteiger partial charge in [-0.15, -0.1) is 0 Å². The van der Waals surface area contributed by atoms with Gasteiger partial charge in [-0.1, -0.05) is 18.2 Å². The van der Waals surface area contributed by atoms with E-state index in [-0.39, 0.29) is 18.4 Å². The quantitative estimate of drug-likeness (QED) is 0.769. The molecule has 0 spiro atoms. The van der Waals surface area contributed by atoms with Crippen molar-refractivity contribution in [2.45, 2.75) is 13.5 Å². The summed E-state index contributed by atoms with van der Waals surface area (Å²) in [4.78, 5) is 27.1. The van der Waals surface area contributed by atoms with Crippen molar-refractivity contribution in [1.82, 2.24) is 15.1 Å². The lowest BCUT2D eigenvalue weighted by Gasteiger charge is -2.22. The van der Waals surface area contributed by atoms with Gasteiger partial charge in [-0.25, -0.2) is 0 Å². The molecule has 0 radical (unpaired) electrons. The molecule has 6 heteroatoms. The number of carbonyl (C=O) groups excluding carboxylic acids is 2. The maximum atomic E-state index is 12.0. The predicted octanol–water partition coefficient (Wildman–Crippen LogP) is 0.721. The Hall–Kier alpha value is -2.08. The molecule has 1 N–H and O–H groups in total. The number of benzene rings is 1. The number of rotatable bonds is 8. The second kappa shape index (κ2) is 9.04. The summed E-state index contributed by atoms with van der Waals surface area (Å²) in [6, 6.07) is 7.51. The van der Waals surface area contributed by atoms with Gasteiger partial charge in [0.2, 0.25) is 11.8 Å². The van der Waals surface area contributed by atoms with E-state index in [9.17, 15) is 9.59 Å². The Labute approximate surface area is 132 Å². The number of hydrogen-bond donors (Lipinski definition) is 1. The lowest BCUT2D eigenvalue weighted by molar-refractivity contribution is -0.134. The molecule has 122 valence electrons. The summed E-state index contributed by atoms with van der Waals surface area (Å²) in [5, 5.41) is 2.82. The fourth-order valence-electron chi connectivity index (χ4n) is 1.94. The minimum Gasteiger partial charge on any atom is -0.496 e. The molecule has 0 atom stereocenters. The standard InChI is InChI=1S/C16H25N3O3/c1-13(20)19(10-9-18(2)3)12-16(21)17-11-14-7-5-6-8-15(14)22-4/h5-8H,9-12H2,1-4H3,(H,17,21). The number of ether oxygens (including phenoxy) is 1. The Balaban J connectivity index is 2.51. The first-order chi connectivity index (χ1) is 10.4. The van der Waals surface area contributed by atoms with Crippen molar-refractivity contribution in [3.63, 3.8) is 0 Å². The molecule has 1 rings (SSSR count). The van der Waals surface area contributed by atoms with Crippen LogP contribution in [0.2, 0.25) is 0 Å². The average Bonchev–Trinajstić information content (AvgIpc) is 2.49. The van der Waals surface area contributed by atoms with Crippen LogP contribution in [0.1, 0.15) is 12.5 Å². The van der Waals surface area contributed by atoms with E-state index >= 15 is 0 Å². The van der Waals surface area contributed by atoms with E-state index in [0.717, 1.165) is 17.9 Å². The summed E-state index contributed by atoms with van der Waals surface area (Å²) in [5.74, 6) is 0.452. The van der Waals surface area contributed by atoms with Crippen molar-refractivity contribution in [3.8, 4) is 5.75 Å². The van der Waals surface area contributed by atoms with E-state index in [2.05, 4.69) is 5.32 Å². The van der Waals surface area contributed by atoms with Crippen LogP contribution < -0.4 is 10.1 Å². The fourth-order valence-corrected chi connectivity index (χ4v) is 1.94. The Morgan fingerprint density at radius 1 is 1.18 bits per heavy atom. The number of methoxy groups -OCH3 is 1. The van der Waals surface area contributed by atoms with Crippen molar-refractivity contribution >= 4 is 11.8 Å². The first-order valence-electron chi connectivity index (χ1n) is 7.23. The lowest BCUT2D eigenvalue weighted by Crippen LogP contribution is -2.42. The summed E-state index contributed by atoms with van der Waals surface area (Å²) in [6.45, 7) is 3.17. The number of carbonyl (C=O) groups is 2. The molecule has 0 saturated carbocycles. The second-order valence-corrected chi connectivity index (χ2v) is 5.33. The van der Waals surface area contributed by atoms with Gasteiger partial charge < -0.3 is 19.9 Å². The minimum atomic E-state index is -0.181. The van der Waals surface area contributed by atoms with Crippen LogP contribution in [0.5, 0.6) is 5.75 Å². The SMILES string of the molecule is COc1ccccc1CNC(=O)CN(CCN(C)C)C(C)=O. The van der Waals surface area contributed by atoms with Crippen LogP contribution in [0.4, 0.5) is 0 Å². The Morgan fingerprint density at radius 2 is 1.86 bits per heavy atom. The number of likely N-dealkylation sites (N-methyl/N-ethyl adjacent to an activating group) is 1. The van der Waals surface area contributed by atoms with Crippen LogP contribution in [-0.4, -0.2) is 62.5 Å². The summed E-state index contributed by atoms with van der Waals surface area (Å²) < 4.78 is 5.24. The maximum Gasteiger partial charge on any atom is 0.239 e. The third-order valence-electron chi connectivity index (χ3n) is 3.27. The number of amides is 2. The zero-order valence-electron chi connectivity index (χ0n) is 13.8. The van der Waals surface area contributed by atoms with E-state index in [4.69, 9.17) is 4.74 Å². The Bertz CT molecular complexity index is 503. The number of para-hydroxylation sites is 1. The van der Waals surface area contributed by atoms with Crippen molar-refractivity contribution in [3.05, 3.63) is 29.8 Å². The van der Waals surface area contributed by atoms with E-state index in [1.54, 1.807) is 7.11 Å². The normalized spacial score (nSPS) is 10.4. The predicted molar refractivity (Wildman–Crippen MR) is 85.6 cm³/mol. The van der Waals surface area contributed by atoms with Gasteiger partial charge in [0.15, 0.2) is 0 Å². The smallest absolute Gasteiger partial charge is 0.239 e. The average molecular weight is 307 g/mol. The fraction of sp³-hybridized carbons (Fsp3) is 0.500. The third kappa shape index (κ3) is 6.13. The molecule has 0 heterocycles. The van der Waals surface area contributed by atoms with Crippen LogP contribution in [-0.2, 0) is 16.1 Å². The lowest BCUT2D eigenvalue weighted by atomic mass is 10.2. The molecule has 0 saturated heterocycles. The summed E-state index contributed by atoms with van der Waals surface area (Å²) in [5.41, 5.74) is 0.904. The van der Waals surface area contributed by atoms with Gasteiger partial charge in [-0.05, 0) is 20.2 Å². The van der Waals surface area contributed by atoms with Gasteiger partial charge in [0.05, 0.1) is 13.7 Å². The highest BCUT2D eigenvalue weighted by Gasteiger charge is 2.14. The van der Waals surface area contributed by atoms with Gasteiger partial charge in [0, 0.05) is 32.1 Å².